The van der Waals surface area contributed by atoms with E-state index < -0.39 is 0 Å². The summed E-state index contributed by atoms with van der Waals surface area (Å²) < 4.78 is 1.43. The molecule has 0 spiro atoms. The van der Waals surface area contributed by atoms with Crippen LogP contribution in [0.5, 0.6) is 0 Å². The Hall–Kier alpha value is -1.76. The van der Waals surface area contributed by atoms with Crippen molar-refractivity contribution in [2.45, 2.75) is 20.8 Å². The summed E-state index contributed by atoms with van der Waals surface area (Å²) in [7, 11) is 0. The van der Waals surface area contributed by atoms with E-state index in [-0.39, 0.29) is 10.7 Å². The molecule has 0 atom stereocenters. The number of hydrogen-bond acceptors (Lipinski definition) is 6. The Kier molecular flexibility index (Phi) is 3.42. The molecule has 96 valence electrons. The van der Waals surface area contributed by atoms with Crippen LogP contribution in [0.4, 0.5) is 5.95 Å². The molecular weight excluding hydrogens is 254 g/mol. The van der Waals surface area contributed by atoms with Crippen LogP contribution in [0, 0.1) is 5.41 Å². The molecule has 0 fully saturated rings. The Morgan fingerprint density at radius 2 is 2.06 bits per heavy atom. The highest BCUT2D eigenvalue weighted by Crippen LogP contribution is 2.14. The Labute approximate surface area is 110 Å². The second kappa shape index (κ2) is 4.85. The molecule has 0 radical (unpaired) electrons. The van der Waals surface area contributed by atoms with E-state index in [9.17, 15) is 0 Å². The first-order valence-electron chi connectivity index (χ1n) is 5.44. The van der Waals surface area contributed by atoms with Gasteiger partial charge in [0.1, 0.15) is 12.7 Å². The molecule has 7 nitrogen and oxygen atoms in total. The molecule has 0 aliphatic heterocycles. The minimum atomic E-state index is 0.118. The second-order valence-corrected chi connectivity index (χ2v) is 5.32. The van der Waals surface area contributed by atoms with Crippen LogP contribution < -0.4 is 5.32 Å². The maximum atomic E-state index is 5.85. The molecule has 0 aliphatic carbocycles. The van der Waals surface area contributed by atoms with E-state index in [0.29, 0.717) is 11.9 Å². The van der Waals surface area contributed by atoms with Crippen molar-refractivity contribution in [1.82, 2.24) is 29.7 Å². The predicted molar refractivity (Wildman–Crippen MR) is 67.7 cm³/mol. The standard InChI is InChI=1S/C10H14ClN7/c1-10(2,3)4-13-8-15-7(11)16-9(17-8)18-6-12-5-14-18/h5-6H,4H2,1-3H3,(H,13,15,16,17). The van der Waals surface area contributed by atoms with E-state index >= 15 is 0 Å². The number of anilines is 1. The van der Waals surface area contributed by atoms with Crippen LogP contribution in [0.25, 0.3) is 5.95 Å². The summed E-state index contributed by atoms with van der Waals surface area (Å²) in [6.07, 6.45) is 2.90. The lowest BCUT2D eigenvalue weighted by Crippen LogP contribution is -2.21. The molecule has 0 aliphatic rings. The summed E-state index contributed by atoms with van der Waals surface area (Å²) >= 11 is 5.85. The molecule has 0 saturated heterocycles. The summed E-state index contributed by atoms with van der Waals surface area (Å²) in [4.78, 5) is 16.1. The Bertz CT molecular complexity index is 518. The van der Waals surface area contributed by atoms with Gasteiger partial charge in [-0.2, -0.15) is 24.7 Å². The molecule has 1 N–H and O–H groups in total. The molecule has 0 saturated carbocycles. The van der Waals surface area contributed by atoms with Gasteiger partial charge >= 0.3 is 0 Å². The van der Waals surface area contributed by atoms with Gasteiger partial charge in [0.05, 0.1) is 0 Å². The minimum absolute atomic E-state index is 0.118. The summed E-state index contributed by atoms with van der Waals surface area (Å²) in [6, 6.07) is 0. The van der Waals surface area contributed by atoms with Crippen LogP contribution in [0.15, 0.2) is 12.7 Å². The molecule has 0 aromatic carbocycles. The first kappa shape index (κ1) is 12.7. The number of halogens is 1. The summed E-state index contributed by atoms with van der Waals surface area (Å²) in [6.45, 7) is 7.06. The van der Waals surface area contributed by atoms with E-state index in [0.717, 1.165) is 6.54 Å². The molecule has 2 rings (SSSR count). The fourth-order valence-electron chi connectivity index (χ4n) is 1.18. The van der Waals surface area contributed by atoms with Crippen LogP contribution >= 0.6 is 11.6 Å². The molecular formula is C10H14ClN7. The van der Waals surface area contributed by atoms with Crippen molar-refractivity contribution in [1.29, 1.82) is 0 Å². The molecule has 0 bridgehead atoms. The molecule has 8 heteroatoms. The van der Waals surface area contributed by atoms with E-state index in [1.165, 1.54) is 17.3 Å². The quantitative estimate of drug-likeness (QED) is 0.909. The van der Waals surface area contributed by atoms with Crippen molar-refractivity contribution in [2.24, 2.45) is 5.41 Å². The third-order valence-electron chi connectivity index (χ3n) is 2.00. The summed E-state index contributed by atoms with van der Waals surface area (Å²) in [5.41, 5.74) is 0.118. The van der Waals surface area contributed by atoms with Gasteiger partial charge < -0.3 is 5.32 Å². The smallest absolute Gasteiger partial charge is 0.258 e. The fraction of sp³-hybridized carbons (Fsp3) is 0.500. The first-order chi connectivity index (χ1) is 8.44. The topological polar surface area (TPSA) is 81.4 Å². The third kappa shape index (κ3) is 3.36. The largest absolute Gasteiger partial charge is 0.354 e. The maximum Gasteiger partial charge on any atom is 0.258 e. The monoisotopic (exact) mass is 267 g/mol. The molecule has 0 unspecified atom stereocenters. The summed E-state index contributed by atoms with van der Waals surface area (Å²) in [5.74, 6) is 0.763. The lowest BCUT2D eigenvalue weighted by Gasteiger charge is -2.18. The van der Waals surface area contributed by atoms with Gasteiger partial charge in [-0.3, -0.25) is 0 Å². The van der Waals surface area contributed by atoms with Crippen LogP contribution in [-0.2, 0) is 0 Å². The molecule has 0 amide bonds. The third-order valence-corrected chi connectivity index (χ3v) is 2.17. The van der Waals surface area contributed by atoms with Crippen molar-refractivity contribution in [2.75, 3.05) is 11.9 Å². The van der Waals surface area contributed by atoms with Crippen LogP contribution in [0.3, 0.4) is 0 Å². The summed E-state index contributed by atoms with van der Waals surface area (Å²) in [5, 5.41) is 7.18. The molecule has 2 heterocycles. The Morgan fingerprint density at radius 1 is 1.28 bits per heavy atom. The normalized spacial score (nSPS) is 11.6. The van der Waals surface area contributed by atoms with Crippen molar-refractivity contribution >= 4 is 17.5 Å². The van der Waals surface area contributed by atoms with Crippen molar-refractivity contribution in [3.8, 4) is 5.95 Å². The highest BCUT2D eigenvalue weighted by molar-refractivity contribution is 6.28. The van der Waals surface area contributed by atoms with Crippen LogP contribution in [0.1, 0.15) is 20.8 Å². The minimum Gasteiger partial charge on any atom is -0.354 e. The number of nitrogens with one attached hydrogen (secondary N) is 1. The molecule has 2 aromatic rings. The number of nitrogens with zero attached hydrogens (tertiary/aromatic N) is 6. The predicted octanol–water partition coefficient (Wildman–Crippen LogP) is 1.56. The van der Waals surface area contributed by atoms with Crippen molar-refractivity contribution in [3.63, 3.8) is 0 Å². The average Bonchev–Trinajstić information content (AvgIpc) is 2.78. The second-order valence-electron chi connectivity index (χ2n) is 4.98. The van der Waals surface area contributed by atoms with Gasteiger partial charge in [-0.05, 0) is 17.0 Å². The van der Waals surface area contributed by atoms with Gasteiger partial charge in [-0.15, -0.1) is 0 Å². The van der Waals surface area contributed by atoms with Crippen molar-refractivity contribution in [3.05, 3.63) is 17.9 Å². The zero-order valence-corrected chi connectivity index (χ0v) is 11.2. The van der Waals surface area contributed by atoms with Gasteiger partial charge in [0.2, 0.25) is 11.2 Å². The van der Waals surface area contributed by atoms with Gasteiger partial charge in [0.25, 0.3) is 5.95 Å². The molecule has 2 aromatic heterocycles. The van der Waals surface area contributed by atoms with E-state index in [4.69, 9.17) is 11.6 Å². The zero-order chi connectivity index (χ0) is 13.2. The Balaban J connectivity index is 2.22. The fourth-order valence-corrected chi connectivity index (χ4v) is 1.33. The molecule has 18 heavy (non-hydrogen) atoms. The lowest BCUT2D eigenvalue weighted by atomic mass is 9.97. The maximum absolute atomic E-state index is 5.85. The highest BCUT2D eigenvalue weighted by atomic mass is 35.5. The SMILES string of the molecule is CC(C)(C)CNc1nc(Cl)nc(-n2cncn2)n1. The van der Waals surface area contributed by atoms with E-state index in [2.05, 4.69) is 51.1 Å². The van der Waals surface area contributed by atoms with E-state index in [1.807, 2.05) is 0 Å². The van der Waals surface area contributed by atoms with Crippen molar-refractivity contribution < 1.29 is 0 Å². The van der Waals surface area contributed by atoms with Gasteiger partial charge in [0.15, 0.2) is 0 Å². The average molecular weight is 268 g/mol. The number of rotatable bonds is 3. The number of hydrogen-bond donors (Lipinski definition) is 1. The number of aromatic nitrogens is 6. The van der Waals surface area contributed by atoms with Gasteiger partial charge in [-0.25, -0.2) is 4.98 Å². The van der Waals surface area contributed by atoms with Gasteiger partial charge in [0, 0.05) is 6.54 Å². The van der Waals surface area contributed by atoms with Crippen LogP contribution in [0.2, 0.25) is 5.28 Å². The van der Waals surface area contributed by atoms with E-state index in [1.54, 1.807) is 0 Å². The van der Waals surface area contributed by atoms with Crippen LogP contribution in [-0.4, -0.2) is 36.3 Å². The van der Waals surface area contributed by atoms with Gasteiger partial charge in [-0.1, -0.05) is 20.8 Å². The lowest BCUT2D eigenvalue weighted by molar-refractivity contribution is 0.441. The highest BCUT2D eigenvalue weighted by Gasteiger charge is 2.12. The first-order valence-corrected chi connectivity index (χ1v) is 5.82. The Morgan fingerprint density at radius 3 is 2.67 bits per heavy atom. The zero-order valence-electron chi connectivity index (χ0n) is 10.4.